The summed E-state index contributed by atoms with van der Waals surface area (Å²) >= 11 is 0. The van der Waals surface area contributed by atoms with Crippen LogP contribution in [-0.4, -0.2) is 24.4 Å². The molecule has 3 nitrogen and oxygen atoms in total. The fraction of sp³-hybridized carbons (Fsp3) is 0.333. The molecule has 0 atom stereocenters. The molecular formula is C12H13FN2O. The molecule has 0 radical (unpaired) electrons. The van der Waals surface area contributed by atoms with Crippen LogP contribution in [0.25, 0.3) is 0 Å². The van der Waals surface area contributed by atoms with Crippen LogP contribution in [0.5, 0.6) is 0 Å². The minimum absolute atomic E-state index is 0.110. The smallest absolute Gasteiger partial charge is 0.226 e. The van der Waals surface area contributed by atoms with Crippen LogP contribution in [0.3, 0.4) is 0 Å². The Hall–Kier alpha value is -1.89. The second kappa shape index (κ2) is 5.86. The summed E-state index contributed by atoms with van der Waals surface area (Å²) in [6.45, 7) is 0.407. The van der Waals surface area contributed by atoms with E-state index in [1.807, 2.05) is 6.07 Å². The van der Waals surface area contributed by atoms with Gasteiger partial charge in [0.25, 0.3) is 0 Å². The highest BCUT2D eigenvalue weighted by molar-refractivity contribution is 5.78. The second-order valence-electron chi connectivity index (χ2n) is 3.53. The maximum atomic E-state index is 12.9. The molecule has 1 aromatic rings. The number of carbonyl (C=O) groups excluding carboxylic acids is 1. The Morgan fingerprint density at radius 1 is 1.56 bits per heavy atom. The van der Waals surface area contributed by atoms with E-state index in [1.165, 1.54) is 17.0 Å². The summed E-state index contributed by atoms with van der Waals surface area (Å²) < 4.78 is 12.9. The lowest BCUT2D eigenvalue weighted by molar-refractivity contribution is -0.129. The van der Waals surface area contributed by atoms with Crippen molar-refractivity contribution in [2.45, 2.75) is 12.8 Å². The van der Waals surface area contributed by atoms with Gasteiger partial charge >= 0.3 is 0 Å². The molecule has 0 heterocycles. The Balaban J connectivity index is 2.54. The zero-order valence-electron chi connectivity index (χ0n) is 9.11. The number of carbonyl (C=O) groups is 1. The van der Waals surface area contributed by atoms with E-state index in [1.54, 1.807) is 19.2 Å². The van der Waals surface area contributed by atoms with Gasteiger partial charge in [-0.1, -0.05) is 12.1 Å². The molecular weight excluding hydrogens is 207 g/mol. The van der Waals surface area contributed by atoms with Crippen molar-refractivity contribution in [2.24, 2.45) is 0 Å². The van der Waals surface area contributed by atoms with Crippen LogP contribution in [0.4, 0.5) is 4.39 Å². The van der Waals surface area contributed by atoms with E-state index in [0.717, 1.165) is 0 Å². The molecule has 1 aromatic carbocycles. The fourth-order valence-electron chi connectivity index (χ4n) is 1.30. The van der Waals surface area contributed by atoms with Gasteiger partial charge in [0, 0.05) is 13.6 Å². The first-order valence-corrected chi connectivity index (χ1v) is 4.99. The highest BCUT2D eigenvalue weighted by Gasteiger charge is 2.09. The Kier molecular flexibility index (Phi) is 4.46. The Bertz CT molecular complexity index is 412. The van der Waals surface area contributed by atoms with Crippen LogP contribution in [0, 0.1) is 17.1 Å². The number of likely N-dealkylation sites (N-methyl/N-ethyl adjacent to an activating group) is 1. The van der Waals surface area contributed by atoms with E-state index in [-0.39, 0.29) is 18.1 Å². The minimum atomic E-state index is -0.343. The quantitative estimate of drug-likeness (QED) is 0.775. The first-order chi connectivity index (χ1) is 7.63. The van der Waals surface area contributed by atoms with Gasteiger partial charge in [-0.05, 0) is 17.7 Å². The van der Waals surface area contributed by atoms with E-state index >= 15 is 0 Å². The van der Waals surface area contributed by atoms with Crippen molar-refractivity contribution in [1.82, 2.24) is 4.90 Å². The highest BCUT2D eigenvalue weighted by Crippen LogP contribution is 2.05. The van der Waals surface area contributed by atoms with E-state index in [9.17, 15) is 9.18 Å². The summed E-state index contributed by atoms with van der Waals surface area (Å²) in [5.41, 5.74) is 0.647. The third-order valence-corrected chi connectivity index (χ3v) is 2.23. The molecule has 0 N–H and O–H groups in total. The molecule has 0 spiro atoms. The summed E-state index contributed by atoms with van der Waals surface area (Å²) in [5.74, 6) is -0.453. The van der Waals surface area contributed by atoms with E-state index < -0.39 is 0 Å². The molecule has 0 fully saturated rings. The average Bonchev–Trinajstić information content (AvgIpc) is 2.25. The van der Waals surface area contributed by atoms with Gasteiger partial charge in [-0.25, -0.2) is 4.39 Å². The summed E-state index contributed by atoms with van der Waals surface area (Å²) in [4.78, 5) is 13.1. The van der Waals surface area contributed by atoms with Crippen molar-refractivity contribution in [3.63, 3.8) is 0 Å². The van der Waals surface area contributed by atoms with Gasteiger partial charge in [-0.2, -0.15) is 5.26 Å². The molecule has 0 aromatic heterocycles. The number of nitriles is 1. The Labute approximate surface area is 94.1 Å². The van der Waals surface area contributed by atoms with Crippen LogP contribution >= 0.6 is 0 Å². The number of rotatable bonds is 4. The van der Waals surface area contributed by atoms with E-state index in [4.69, 9.17) is 5.26 Å². The van der Waals surface area contributed by atoms with E-state index in [0.29, 0.717) is 18.5 Å². The van der Waals surface area contributed by atoms with Crippen LogP contribution in [0.15, 0.2) is 24.3 Å². The van der Waals surface area contributed by atoms with Crippen LogP contribution in [0.2, 0.25) is 0 Å². The van der Waals surface area contributed by atoms with Crippen LogP contribution in [0.1, 0.15) is 12.0 Å². The lowest BCUT2D eigenvalue weighted by atomic mass is 10.1. The maximum absolute atomic E-state index is 12.9. The van der Waals surface area contributed by atoms with Crippen molar-refractivity contribution >= 4 is 5.91 Å². The number of hydrogen-bond donors (Lipinski definition) is 0. The lowest BCUT2D eigenvalue weighted by Crippen LogP contribution is -2.29. The predicted molar refractivity (Wildman–Crippen MR) is 58.0 cm³/mol. The fourth-order valence-corrected chi connectivity index (χ4v) is 1.30. The van der Waals surface area contributed by atoms with Gasteiger partial charge in [0.05, 0.1) is 18.9 Å². The molecule has 1 amide bonds. The third kappa shape index (κ3) is 3.70. The highest BCUT2D eigenvalue weighted by atomic mass is 19.1. The molecule has 0 aliphatic heterocycles. The largest absolute Gasteiger partial charge is 0.344 e. The molecule has 1 rings (SSSR count). The molecule has 16 heavy (non-hydrogen) atoms. The van der Waals surface area contributed by atoms with Gasteiger partial charge in [0.2, 0.25) is 5.91 Å². The number of hydrogen-bond acceptors (Lipinski definition) is 2. The molecule has 0 saturated heterocycles. The normalized spacial score (nSPS) is 9.56. The monoisotopic (exact) mass is 220 g/mol. The number of halogens is 1. The van der Waals surface area contributed by atoms with Crippen LogP contribution < -0.4 is 0 Å². The van der Waals surface area contributed by atoms with Gasteiger partial charge in [-0.15, -0.1) is 0 Å². The molecule has 0 bridgehead atoms. The molecule has 0 saturated carbocycles. The zero-order valence-corrected chi connectivity index (χ0v) is 9.11. The molecule has 4 heteroatoms. The zero-order chi connectivity index (χ0) is 12.0. The predicted octanol–water partition coefficient (Wildman–Crippen LogP) is 1.74. The van der Waals surface area contributed by atoms with Gasteiger partial charge in [-0.3, -0.25) is 4.79 Å². The second-order valence-corrected chi connectivity index (χ2v) is 3.53. The minimum Gasteiger partial charge on any atom is -0.344 e. The van der Waals surface area contributed by atoms with Crippen molar-refractivity contribution in [3.05, 3.63) is 35.6 Å². The van der Waals surface area contributed by atoms with Crippen LogP contribution in [-0.2, 0) is 11.2 Å². The van der Waals surface area contributed by atoms with Gasteiger partial charge in [0.1, 0.15) is 5.82 Å². The SMILES string of the molecule is CN(CCC#N)C(=O)Cc1cccc(F)c1. The molecule has 84 valence electrons. The first-order valence-electron chi connectivity index (χ1n) is 4.99. The molecule has 0 aliphatic carbocycles. The lowest BCUT2D eigenvalue weighted by Gasteiger charge is -2.15. The molecule has 0 aliphatic rings. The number of benzene rings is 1. The van der Waals surface area contributed by atoms with Gasteiger partial charge < -0.3 is 4.90 Å². The summed E-state index contributed by atoms with van der Waals surface area (Å²) in [6, 6.07) is 7.94. The van der Waals surface area contributed by atoms with Crippen molar-refractivity contribution < 1.29 is 9.18 Å². The Morgan fingerprint density at radius 3 is 2.94 bits per heavy atom. The van der Waals surface area contributed by atoms with Gasteiger partial charge in [0.15, 0.2) is 0 Å². The summed E-state index contributed by atoms with van der Waals surface area (Å²) in [5, 5.41) is 8.39. The standard InChI is InChI=1S/C12H13FN2O/c1-15(7-3-6-14)12(16)9-10-4-2-5-11(13)8-10/h2,4-5,8H,3,7,9H2,1H3. The summed E-state index contributed by atoms with van der Waals surface area (Å²) in [6.07, 6.45) is 0.477. The van der Waals surface area contributed by atoms with Crippen molar-refractivity contribution in [3.8, 4) is 6.07 Å². The third-order valence-electron chi connectivity index (χ3n) is 2.23. The first kappa shape index (κ1) is 12.2. The molecule has 0 unspecified atom stereocenters. The maximum Gasteiger partial charge on any atom is 0.226 e. The number of nitrogens with zero attached hydrogens (tertiary/aromatic N) is 2. The number of amides is 1. The Morgan fingerprint density at radius 2 is 2.31 bits per heavy atom. The topological polar surface area (TPSA) is 44.1 Å². The van der Waals surface area contributed by atoms with Crippen molar-refractivity contribution in [2.75, 3.05) is 13.6 Å². The summed E-state index contributed by atoms with van der Waals surface area (Å²) in [7, 11) is 1.64. The van der Waals surface area contributed by atoms with Crippen molar-refractivity contribution in [1.29, 1.82) is 5.26 Å². The van der Waals surface area contributed by atoms with E-state index in [2.05, 4.69) is 0 Å². The average molecular weight is 220 g/mol.